The molecule has 18 aromatic rings. The number of fused-ring (bicyclic) bond motifs is 18. The lowest BCUT2D eigenvalue weighted by Gasteiger charge is -2.28. The van der Waals surface area contributed by atoms with Gasteiger partial charge >= 0.3 is 0 Å². The van der Waals surface area contributed by atoms with E-state index in [9.17, 15) is 0 Å². The van der Waals surface area contributed by atoms with Crippen LogP contribution in [-0.4, -0.2) is 29.7 Å². The van der Waals surface area contributed by atoms with Crippen molar-refractivity contribution in [1.82, 2.24) is 23.7 Å². The van der Waals surface area contributed by atoms with Crippen LogP contribution in [0, 0.1) is 0 Å². The third-order valence-electron chi connectivity index (χ3n) is 22.7. The van der Waals surface area contributed by atoms with Gasteiger partial charge in [0.1, 0.15) is 0 Å². The number of anilines is 2. The maximum absolute atomic E-state index is 5.71. The van der Waals surface area contributed by atoms with E-state index in [1.807, 2.05) is 0 Å². The van der Waals surface area contributed by atoms with E-state index in [2.05, 4.69) is 360 Å². The molecule has 0 fully saturated rings. The average molecular weight is 1290 g/mol. The van der Waals surface area contributed by atoms with E-state index in [0.717, 1.165) is 61.7 Å². The first kappa shape index (κ1) is 56.2. The predicted molar refractivity (Wildman–Crippen MR) is 420 cm³/mol. The van der Waals surface area contributed by atoms with Crippen LogP contribution in [0.4, 0.5) is 11.4 Å². The molecule has 0 amide bonds. The molecule has 6 nitrogen and oxygen atoms in total. The lowest BCUT2D eigenvalue weighted by Crippen LogP contribution is -2.28. The van der Waals surface area contributed by atoms with Crippen molar-refractivity contribution >= 4 is 87.6 Å². The van der Waals surface area contributed by atoms with Gasteiger partial charge in [-0.2, -0.15) is 0 Å². The summed E-state index contributed by atoms with van der Waals surface area (Å²) in [6, 6.07) is 113. The van der Waals surface area contributed by atoms with Gasteiger partial charge in [0.15, 0.2) is 5.82 Å². The molecule has 0 bridgehead atoms. The summed E-state index contributed by atoms with van der Waals surface area (Å²) >= 11 is 0. The van der Waals surface area contributed by atoms with E-state index in [1.165, 1.54) is 132 Å². The molecule has 1 aliphatic heterocycles. The Balaban J connectivity index is 0.614. The molecule has 2 unspecified atom stereocenters. The SMILES string of the molecule is CC1(C)c2cc(-c3nc(-c4ccc(-n5c6ccccc6c6cc(-c7ccc8c(c7)c7ccccc7n8-c7ccccc7)ccc65)cc4)c4c(n3)-c3cccc5cccc-4c35)ccc2-c2ccc(-n3c4ccccc4c4cc(-c5ccc6c(c5)C5C=CC=CC5N6c5ccccc5)ccc43)cc21. The van der Waals surface area contributed by atoms with Crippen molar-refractivity contribution in [3.63, 3.8) is 0 Å². The first-order chi connectivity index (χ1) is 49.8. The molecule has 0 saturated heterocycles. The minimum Gasteiger partial charge on any atom is -0.333 e. The van der Waals surface area contributed by atoms with Gasteiger partial charge in [0.05, 0.1) is 50.5 Å². The molecule has 6 heteroatoms. The molecule has 101 heavy (non-hydrogen) atoms. The Morgan fingerprint density at radius 2 is 0.782 bits per heavy atom. The minimum atomic E-state index is -0.333. The number of allylic oxidation sites excluding steroid dienone is 2. The lowest BCUT2D eigenvalue weighted by atomic mass is 9.81. The summed E-state index contributed by atoms with van der Waals surface area (Å²) in [5, 5.41) is 9.83. The molecule has 0 spiro atoms. The zero-order valence-corrected chi connectivity index (χ0v) is 55.5. The first-order valence-corrected chi connectivity index (χ1v) is 35.2. The predicted octanol–water partition coefficient (Wildman–Crippen LogP) is 24.3. The normalized spacial score (nSPS) is 15.2. The molecule has 5 heterocycles. The highest BCUT2D eigenvalue weighted by molar-refractivity contribution is 6.18. The number of hydrogen-bond donors (Lipinski definition) is 0. The van der Waals surface area contributed by atoms with Gasteiger partial charge in [0, 0.05) is 94.3 Å². The summed E-state index contributed by atoms with van der Waals surface area (Å²) in [5.74, 6) is 0.994. The fraction of sp³-hybridized carbons (Fsp3) is 0.0526. The smallest absolute Gasteiger partial charge is 0.160 e. The summed E-state index contributed by atoms with van der Waals surface area (Å²) < 4.78 is 7.27. The Bertz CT molecular complexity index is 6670. The highest BCUT2D eigenvalue weighted by atomic mass is 15.2. The molecular weight excluding hydrogens is 1230 g/mol. The summed E-state index contributed by atoms with van der Waals surface area (Å²) in [6.07, 6.45) is 9.13. The molecule has 472 valence electrons. The molecule has 0 radical (unpaired) electrons. The van der Waals surface area contributed by atoms with Crippen molar-refractivity contribution < 1.29 is 0 Å². The number of rotatable bonds is 8. The Kier molecular flexibility index (Phi) is 11.7. The minimum absolute atomic E-state index is 0.243. The van der Waals surface area contributed by atoms with E-state index in [0.29, 0.717) is 5.82 Å². The first-order valence-electron chi connectivity index (χ1n) is 35.2. The van der Waals surface area contributed by atoms with E-state index < -0.39 is 0 Å². The monoisotopic (exact) mass is 1290 g/mol. The largest absolute Gasteiger partial charge is 0.333 e. The van der Waals surface area contributed by atoms with Crippen LogP contribution < -0.4 is 4.90 Å². The van der Waals surface area contributed by atoms with Gasteiger partial charge in [-0.15, -0.1) is 0 Å². The second kappa shape index (κ2) is 21.1. The van der Waals surface area contributed by atoms with Crippen LogP contribution in [0.1, 0.15) is 36.5 Å². The van der Waals surface area contributed by atoms with Gasteiger partial charge in [-0.1, -0.05) is 220 Å². The maximum atomic E-state index is 5.71. The van der Waals surface area contributed by atoms with Crippen LogP contribution in [0.3, 0.4) is 0 Å². The molecule has 14 aromatic carbocycles. The van der Waals surface area contributed by atoms with Crippen molar-refractivity contribution in [1.29, 1.82) is 0 Å². The number of benzene rings is 14. The Hall–Kier alpha value is -12.9. The molecule has 0 saturated carbocycles. The van der Waals surface area contributed by atoms with E-state index in [1.54, 1.807) is 0 Å². The fourth-order valence-corrected chi connectivity index (χ4v) is 18.0. The molecule has 4 aromatic heterocycles. The summed E-state index contributed by atoms with van der Waals surface area (Å²) in [5.41, 5.74) is 31.3. The van der Waals surface area contributed by atoms with Crippen LogP contribution in [0.25, 0.3) is 172 Å². The van der Waals surface area contributed by atoms with Gasteiger partial charge in [-0.3, -0.25) is 0 Å². The molecule has 4 aliphatic rings. The second-order valence-electron chi connectivity index (χ2n) is 28.3. The Morgan fingerprint density at radius 1 is 0.317 bits per heavy atom. The fourth-order valence-electron chi connectivity index (χ4n) is 18.0. The zero-order chi connectivity index (χ0) is 66.3. The number of aromatic nitrogens is 5. The average Bonchev–Trinajstić information content (AvgIpc) is 1.56. The van der Waals surface area contributed by atoms with Crippen molar-refractivity contribution in [2.75, 3.05) is 4.90 Å². The van der Waals surface area contributed by atoms with Crippen LogP contribution in [0.15, 0.2) is 328 Å². The van der Waals surface area contributed by atoms with Crippen molar-refractivity contribution in [3.05, 3.63) is 344 Å². The highest BCUT2D eigenvalue weighted by Gasteiger charge is 2.39. The molecule has 3 aliphatic carbocycles. The van der Waals surface area contributed by atoms with Crippen LogP contribution >= 0.6 is 0 Å². The highest BCUT2D eigenvalue weighted by Crippen LogP contribution is 2.55. The van der Waals surface area contributed by atoms with Crippen molar-refractivity contribution in [3.8, 4) is 95.5 Å². The van der Waals surface area contributed by atoms with Crippen molar-refractivity contribution in [2.45, 2.75) is 31.2 Å². The van der Waals surface area contributed by atoms with Gasteiger partial charge in [0.2, 0.25) is 0 Å². The maximum Gasteiger partial charge on any atom is 0.160 e. The third kappa shape index (κ3) is 8.10. The Labute approximate surface area is 583 Å². The van der Waals surface area contributed by atoms with Crippen molar-refractivity contribution in [2.24, 2.45) is 0 Å². The standard InChI is InChI=1S/C95H62N6/c1-95(2)80-55-63(37-45-68(80)69-46-44-67(56-81(69)95)101-85-34-16-12-28-73(85)79-54-62(41-50-89(79)101)60-39-48-87-77(52-60)71-26-10-14-32-83(71)99(87)65-23-7-4-8-24-65)94-96-92(91-74-29-17-19-57-20-18-30-75(90(57)74)93(91)97-94)58-35-42-66(43-36-58)100-84-33-15-11-27-72(84)78-53-61(40-49-88(78)100)59-38-47-86-76(51-59)70-25-9-13-31-82(70)98(86)64-21-5-3-6-22-64/h3-56,71,83H,1-2H3. The lowest BCUT2D eigenvalue weighted by molar-refractivity contribution is 0.660. The Morgan fingerprint density at radius 3 is 1.41 bits per heavy atom. The van der Waals surface area contributed by atoms with Gasteiger partial charge < -0.3 is 18.6 Å². The van der Waals surface area contributed by atoms with E-state index >= 15 is 0 Å². The van der Waals surface area contributed by atoms with Crippen LogP contribution in [0.2, 0.25) is 0 Å². The molecule has 22 rings (SSSR count). The summed E-state index contributed by atoms with van der Waals surface area (Å²) in [4.78, 5) is 13.8. The van der Waals surface area contributed by atoms with E-state index in [-0.39, 0.29) is 17.4 Å². The molecule has 2 atom stereocenters. The quantitative estimate of drug-likeness (QED) is 0.152. The summed E-state index contributed by atoms with van der Waals surface area (Å²) in [6.45, 7) is 4.77. The topological polar surface area (TPSA) is 43.8 Å². The number of hydrogen-bond acceptors (Lipinski definition) is 3. The zero-order valence-electron chi connectivity index (χ0n) is 55.5. The molecular formula is C95H62N6. The van der Waals surface area contributed by atoms with Gasteiger partial charge in [-0.05, 0) is 188 Å². The van der Waals surface area contributed by atoms with Crippen LogP contribution in [-0.2, 0) is 5.41 Å². The van der Waals surface area contributed by atoms with Gasteiger partial charge in [0.25, 0.3) is 0 Å². The number of para-hydroxylation sites is 5. The van der Waals surface area contributed by atoms with Crippen LogP contribution in [0.5, 0.6) is 0 Å². The van der Waals surface area contributed by atoms with E-state index in [4.69, 9.17) is 9.97 Å². The summed E-state index contributed by atoms with van der Waals surface area (Å²) in [7, 11) is 0. The third-order valence-corrected chi connectivity index (χ3v) is 22.7. The van der Waals surface area contributed by atoms with Gasteiger partial charge in [-0.25, -0.2) is 9.97 Å². The molecule has 0 N–H and O–H groups in total. The second-order valence-corrected chi connectivity index (χ2v) is 28.3. The number of nitrogens with zero attached hydrogens (tertiary/aromatic N) is 6.